The van der Waals surface area contributed by atoms with E-state index in [0.717, 1.165) is 22.3 Å². The summed E-state index contributed by atoms with van der Waals surface area (Å²) in [6.45, 7) is 9.23. The summed E-state index contributed by atoms with van der Waals surface area (Å²) in [4.78, 5) is 11.6. The third-order valence-electron chi connectivity index (χ3n) is 3.01. The van der Waals surface area contributed by atoms with E-state index in [1.807, 2.05) is 38.1 Å². The molecule has 0 aliphatic heterocycles. The zero-order chi connectivity index (χ0) is 13.3. The fraction of sp³-hybridized carbons (Fsp3) is 0.267. The minimum atomic E-state index is -0.165. The lowest BCUT2D eigenvalue weighted by Gasteiger charge is -2.12. The molecule has 0 saturated carbocycles. The van der Waals surface area contributed by atoms with Gasteiger partial charge in [-0.3, -0.25) is 4.79 Å². The molecule has 1 aromatic heterocycles. The SMILES string of the molecule is C=C(C)C(=O)NC(C)c1oc2ccccc2c1C. The Morgan fingerprint density at radius 1 is 1.39 bits per heavy atom. The first-order chi connectivity index (χ1) is 8.50. The molecule has 0 radical (unpaired) electrons. The molecule has 1 N–H and O–H groups in total. The average molecular weight is 243 g/mol. The monoisotopic (exact) mass is 243 g/mol. The van der Waals surface area contributed by atoms with Gasteiger partial charge in [-0.25, -0.2) is 0 Å². The van der Waals surface area contributed by atoms with Crippen molar-refractivity contribution in [2.24, 2.45) is 0 Å². The number of para-hydroxylation sites is 1. The van der Waals surface area contributed by atoms with E-state index in [-0.39, 0.29) is 11.9 Å². The van der Waals surface area contributed by atoms with E-state index < -0.39 is 0 Å². The van der Waals surface area contributed by atoms with Crippen LogP contribution in [-0.2, 0) is 4.79 Å². The normalized spacial score (nSPS) is 12.4. The van der Waals surface area contributed by atoms with Crippen molar-refractivity contribution < 1.29 is 9.21 Å². The maximum Gasteiger partial charge on any atom is 0.246 e. The Morgan fingerprint density at radius 2 is 2.06 bits per heavy atom. The van der Waals surface area contributed by atoms with Gasteiger partial charge in [0.2, 0.25) is 5.91 Å². The molecule has 0 aliphatic carbocycles. The van der Waals surface area contributed by atoms with Crippen LogP contribution in [-0.4, -0.2) is 5.91 Å². The van der Waals surface area contributed by atoms with Gasteiger partial charge in [0.05, 0.1) is 6.04 Å². The van der Waals surface area contributed by atoms with Crippen molar-refractivity contribution in [1.82, 2.24) is 5.32 Å². The van der Waals surface area contributed by atoms with Crippen molar-refractivity contribution in [2.75, 3.05) is 0 Å². The predicted molar refractivity (Wildman–Crippen MR) is 72.3 cm³/mol. The summed E-state index contributed by atoms with van der Waals surface area (Å²) >= 11 is 0. The molecule has 2 rings (SSSR count). The molecule has 0 saturated heterocycles. The third kappa shape index (κ3) is 2.16. The van der Waals surface area contributed by atoms with Crippen molar-refractivity contribution in [3.63, 3.8) is 0 Å². The standard InChI is InChI=1S/C15H17NO2/c1-9(2)15(17)16-11(4)14-10(3)12-7-5-6-8-13(12)18-14/h5-8,11H,1H2,2-4H3,(H,16,17). The van der Waals surface area contributed by atoms with Crippen LogP contribution >= 0.6 is 0 Å². The van der Waals surface area contributed by atoms with Crippen molar-refractivity contribution in [3.05, 3.63) is 47.7 Å². The van der Waals surface area contributed by atoms with Gasteiger partial charge in [-0.15, -0.1) is 0 Å². The van der Waals surface area contributed by atoms with Crippen LogP contribution in [0.1, 0.15) is 31.2 Å². The Morgan fingerprint density at radius 3 is 2.67 bits per heavy atom. The first kappa shape index (κ1) is 12.4. The second kappa shape index (κ2) is 4.69. The fourth-order valence-electron chi connectivity index (χ4n) is 1.99. The summed E-state index contributed by atoms with van der Waals surface area (Å²) in [6.07, 6.45) is 0. The van der Waals surface area contributed by atoms with Gasteiger partial charge in [0.1, 0.15) is 11.3 Å². The first-order valence-electron chi connectivity index (χ1n) is 5.95. The van der Waals surface area contributed by atoms with Crippen molar-refractivity contribution in [2.45, 2.75) is 26.8 Å². The Hall–Kier alpha value is -2.03. The summed E-state index contributed by atoms with van der Waals surface area (Å²) in [7, 11) is 0. The van der Waals surface area contributed by atoms with E-state index >= 15 is 0 Å². The molecule has 2 aromatic rings. The molecule has 1 atom stereocenters. The van der Waals surface area contributed by atoms with Crippen LogP contribution in [0.5, 0.6) is 0 Å². The number of hydrogen-bond donors (Lipinski definition) is 1. The average Bonchev–Trinajstić information content (AvgIpc) is 2.67. The number of hydrogen-bond acceptors (Lipinski definition) is 2. The van der Waals surface area contributed by atoms with Gasteiger partial charge in [0.25, 0.3) is 0 Å². The van der Waals surface area contributed by atoms with E-state index in [9.17, 15) is 4.79 Å². The second-order valence-electron chi connectivity index (χ2n) is 4.56. The summed E-state index contributed by atoms with van der Waals surface area (Å²) < 4.78 is 5.80. The smallest absolute Gasteiger partial charge is 0.246 e. The molecule has 1 unspecified atom stereocenters. The molecule has 1 amide bonds. The Kier molecular flexibility index (Phi) is 3.24. The summed E-state index contributed by atoms with van der Waals surface area (Å²) in [5.41, 5.74) is 2.41. The van der Waals surface area contributed by atoms with E-state index in [0.29, 0.717) is 5.57 Å². The second-order valence-corrected chi connectivity index (χ2v) is 4.56. The van der Waals surface area contributed by atoms with E-state index in [1.54, 1.807) is 6.92 Å². The molecule has 0 bridgehead atoms. The number of rotatable bonds is 3. The number of carbonyl (C=O) groups excluding carboxylic acids is 1. The van der Waals surface area contributed by atoms with Crippen LogP contribution in [0.4, 0.5) is 0 Å². The molecule has 0 spiro atoms. The molecule has 1 heterocycles. The summed E-state index contributed by atoms with van der Waals surface area (Å²) in [5.74, 6) is 0.646. The lowest BCUT2D eigenvalue weighted by molar-refractivity contribution is -0.118. The minimum absolute atomic E-state index is 0.151. The Balaban J connectivity index is 2.33. The number of carbonyl (C=O) groups is 1. The Bertz CT molecular complexity index is 610. The summed E-state index contributed by atoms with van der Waals surface area (Å²) in [6, 6.07) is 7.70. The van der Waals surface area contributed by atoms with Crippen molar-refractivity contribution in [1.29, 1.82) is 0 Å². The lowest BCUT2D eigenvalue weighted by atomic mass is 10.1. The number of fused-ring (bicyclic) bond motifs is 1. The van der Waals surface area contributed by atoms with E-state index in [1.165, 1.54) is 0 Å². The molecule has 18 heavy (non-hydrogen) atoms. The zero-order valence-corrected chi connectivity index (χ0v) is 10.9. The van der Waals surface area contributed by atoms with Gasteiger partial charge in [-0.1, -0.05) is 24.8 Å². The number of furan rings is 1. The van der Waals surface area contributed by atoms with Crippen LogP contribution in [0.3, 0.4) is 0 Å². The molecule has 3 nitrogen and oxygen atoms in total. The van der Waals surface area contributed by atoms with Gasteiger partial charge in [0.15, 0.2) is 0 Å². The maximum absolute atomic E-state index is 11.6. The van der Waals surface area contributed by atoms with Crippen molar-refractivity contribution >= 4 is 16.9 Å². The van der Waals surface area contributed by atoms with Gasteiger partial charge >= 0.3 is 0 Å². The Labute approximate surface area is 106 Å². The molecule has 3 heteroatoms. The predicted octanol–water partition coefficient (Wildman–Crippen LogP) is 3.49. The van der Waals surface area contributed by atoms with Crippen molar-refractivity contribution in [3.8, 4) is 0 Å². The molecule has 0 fully saturated rings. The first-order valence-corrected chi connectivity index (χ1v) is 5.95. The molecular formula is C15H17NO2. The number of aryl methyl sites for hydroxylation is 1. The zero-order valence-electron chi connectivity index (χ0n) is 10.9. The number of nitrogens with one attached hydrogen (secondary N) is 1. The van der Waals surface area contributed by atoms with Gasteiger partial charge in [-0.2, -0.15) is 0 Å². The highest BCUT2D eigenvalue weighted by Gasteiger charge is 2.18. The van der Waals surface area contributed by atoms with Gasteiger partial charge in [0, 0.05) is 16.5 Å². The van der Waals surface area contributed by atoms with E-state index in [4.69, 9.17) is 4.42 Å². The third-order valence-corrected chi connectivity index (χ3v) is 3.01. The summed E-state index contributed by atoms with van der Waals surface area (Å²) in [5, 5.41) is 3.95. The molecular weight excluding hydrogens is 226 g/mol. The fourth-order valence-corrected chi connectivity index (χ4v) is 1.99. The van der Waals surface area contributed by atoms with Crippen LogP contribution in [0.15, 0.2) is 40.8 Å². The van der Waals surface area contributed by atoms with Gasteiger partial charge in [-0.05, 0) is 26.8 Å². The van der Waals surface area contributed by atoms with Crippen LogP contribution in [0.25, 0.3) is 11.0 Å². The quantitative estimate of drug-likeness (QED) is 0.838. The molecule has 94 valence electrons. The topological polar surface area (TPSA) is 42.2 Å². The van der Waals surface area contributed by atoms with Gasteiger partial charge < -0.3 is 9.73 Å². The van der Waals surface area contributed by atoms with Crippen LogP contribution in [0.2, 0.25) is 0 Å². The minimum Gasteiger partial charge on any atom is -0.459 e. The van der Waals surface area contributed by atoms with Crippen LogP contribution in [0, 0.1) is 6.92 Å². The largest absolute Gasteiger partial charge is 0.459 e. The molecule has 0 aliphatic rings. The van der Waals surface area contributed by atoms with E-state index in [2.05, 4.69) is 11.9 Å². The number of benzene rings is 1. The maximum atomic E-state index is 11.6. The van der Waals surface area contributed by atoms with Crippen LogP contribution < -0.4 is 5.32 Å². The highest BCUT2D eigenvalue weighted by Crippen LogP contribution is 2.29. The lowest BCUT2D eigenvalue weighted by Crippen LogP contribution is -2.26. The highest BCUT2D eigenvalue weighted by atomic mass is 16.3. The highest BCUT2D eigenvalue weighted by molar-refractivity contribution is 5.92. The number of amides is 1. The molecule has 1 aromatic carbocycles.